The molecule has 1 aliphatic rings. The zero-order valence-corrected chi connectivity index (χ0v) is 11.6. The molecule has 4 nitrogen and oxygen atoms in total. The standard InChI is InChI=1S/C13H13BrN4/c1-8-6-13(15-7-10(8)14)16-12-5-4-11(17-18-12)9-2-3-9/h4-7,9H,2-3H2,1H3,(H,15,16,18). The molecule has 0 bridgehead atoms. The minimum atomic E-state index is 0.639. The monoisotopic (exact) mass is 304 g/mol. The van der Waals surface area contributed by atoms with Gasteiger partial charge < -0.3 is 5.32 Å². The Morgan fingerprint density at radius 3 is 2.67 bits per heavy atom. The maximum atomic E-state index is 4.28. The molecule has 0 saturated heterocycles. The van der Waals surface area contributed by atoms with Gasteiger partial charge in [0.25, 0.3) is 0 Å². The van der Waals surface area contributed by atoms with E-state index in [1.807, 2.05) is 25.1 Å². The highest BCUT2D eigenvalue weighted by molar-refractivity contribution is 9.10. The highest BCUT2D eigenvalue weighted by atomic mass is 79.9. The van der Waals surface area contributed by atoms with E-state index >= 15 is 0 Å². The molecule has 0 spiro atoms. The van der Waals surface area contributed by atoms with E-state index in [-0.39, 0.29) is 0 Å². The van der Waals surface area contributed by atoms with Crippen LogP contribution in [0.15, 0.2) is 28.9 Å². The summed E-state index contributed by atoms with van der Waals surface area (Å²) in [5.41, 5.74) is 2.23. The SMILES string of the molecule is Cc1cc(Nc2ccc(C3CC3)nn2)ncc1Br. The van der Waals surface area contributed by atoms with Crippen molar-refractivity contribution in [2.45, 2.75) is 25.7 Å². The molecule has 3 rings (SSSR count). The van der Waals surface area contributed by atoms with Gasteiger partial charge in [-0.25, -0.2) is 4.98 Å². The number of halogens is 1. The van der Waals surface area contributed by atoms with Gasteiger partial charge >= 0.3 is 0 Å². The van der Waals surface area contributed by atoms with Crippen LogP contribution in [0.5, 0.6) is 0 Å². The Morgan fingerprint density at radius 1 is 1.22 bits per heavy atom. The topological polar surface area (TPSA) is 50.7 Å². The number of anilines is 2. The first kappa shape index (κ1) is 11.6. The predicted molar refractivity (Wildman–Crippen MR) is 74.0 cm³/mol. The van der Waals surface area contributed by atoms with Crippen LogP contribution in [0.1, 0.15) is 30.0 Å². The Labute approximate surface area is 114 Å². The smallest absolute Gasteiger partial charge is 0.154 e. The zero-order chi connectivity index (χ0) is 12.5. The Kier molecular flexibility index (Phi) is 2.99. The number of hydrogen-bond donors (Lipinski definition) is 1. The molecule has 0 aromatic carbocycles. The summed E-state index contributed by atoms with van der Waals surface area (Å²) in [4.78, 5) is 4.28. The van der Waals surface area contributed by atoms with Gasteiger partial charge in [0.15, 0.2) is 5.82 Å². The lowest BCUT2D eigenvalue weighted by atomic mass is 10.3. The van der Waals surface area contributed by atoms with Crippen LogP contribution in [0.2, 0.25) is 0 Å². The van der Waals surface area contributed by atoms with Gasteiger partial charge in [-0.15, -0.1) is 5.10 Å². The molecular formula is C13H13BrN4. The van der Waals surface area contributed by atoms with Crippen molar-refractivity contribution in [2.24, 2.45) is 0 Å². The van der Waals surface area contributed by atoms with Gasteiger partial charge in [0.2, 0.25) is 0 Å². The number of aromatic nitrogens is 3. The van der Waals surface area contributed by atoms with E-state index in [4.69, 9.17) is 0 Å². The van der Waals surface area contributed by atoms with Crippen LogP contribution in [-0.4, -0.2) is 15.2 Å². The lowest BCUT2D eigenvalue weighted by Gasteiger charge is -2.06. The van der Waals surface area contributed by atoms with Crippen molar-refractivity contribution in [1.82, 2.24) is 15.2 Å². The van der Waals surface area contributed by atoms with Gasteiger partial charge in [-0.2, -0.15) is 5.10 Å². The second-order valence-corrected chi connectivity index (χ2v) is 5.42. The molecule has 0 radical (unpaired) electrons. The van der Waals surface area contributed by atoms with Gasteiger partial charge in [-0.1, -0.05) is 0 Å². The molecule has 2 aromatic rings. The average molecular weight is 305 g/mol. The predicted octanol–water partition coefficient (Wildman–Crippen LogP) is 3.56. The molecule has 2 heterocycles. The minimum absolute atomic E-state index is 0.639. The molecule has 1 saturated carbocycles. The summed E-state index contributed by atoms with van der Waals surface area (Å²) >= 11 is 3.43. The summed E-state index contributed by atoms with van der Waals surface area (Å²) in [6.07, 6.45) is 4.27. The van der Waals surface area contributed by atoms with Crippen LogP contribution in [0.3, 0.4) is 0 Å². The Hall–Kier alpha value is -1.49. The van der Waals surface area contributed by atoms with Crippen LogP contribution in [-0.2, 0) is 0 Å². The first-order valence-corrected chi connectivity index (χ1v) is 6.74. The van der Waals surface area contributed by atoms with Crippen LogP contribution in [0.25, 0.3) is 0 Å². The van der Waals surface area contributed by atoms with Crippen LogP contribution >= 0.6 is 15.9 Å². The maximum absolute atomic E-state index is 4.28. The van der Waals surface area contributed by atoms with Crippen LogP contribution < -0.4 is 5.32 Å². The van der Waals surface area contributed by atoms with Crippen molar-refractivity contribution in [1.29, 1.82) is 0 Å². The molecular weight excluding hydrogens is 292 g/mol. The average Bonchev–Trinajstić information content (AvgIpc) is 3.19. The summed E-state index contributed by atoms with van der Waals surface area (Å²) in [5, 5.41) is 11.6. The van der Waals surface area contributed by atoms with E-state index < -0.39 is 0 Å². The van der Waals surface area contributed by atoms with E-state index in [0.717, 1.165) is 27.4 Å². The number of rotatable bonds is 3. The van der Waals surface area contributed by atoms with E-state index in [0.29, 0.717) is 5.92 Å². The maximum Gasteiger partial charge on any atom is 0.154 e. The number of hydrogen-bond acceptors (Lipinski definition) is 4. The van der Waals surface area contributed by atoms with Crippen molar-refractivity contribution in [2.75, 3.05) is 5.32 Å². The normalized spacial score (nSPS) is 14.6. The second-order valence-electron chi connectivity index (χ2n) is 4.56. The van der Waals surface area contributed by atoms with Gasteiger partial charge in [0.1, 0.15) is 5.82 Å². The van der Waals surface area contributed by atoms with E-state index in [1.54, 1.807) is 6.20 Å². The number of nitrogens with one attached hydrogen (secondary N) is 1. The Morgan fingerprint density at radius 2 is 2.06 bits per heavy atom. The summed E-state index contributed by atoms with van der Waals surface area (Å²) in [5.74, 6) is 2.15. The highest BCUT2D eigenvalue weighted by Gasteiger charge is 2.25. The van der Waals surface area contributed by atoms with E-state index in [9.17, 15) is 0 Å². The summed E-state index contributed by atoms with van der Waals surface area (Å²) in [7, 11) is 0. The molecule has 92 valence electrons. The van der Waals surface area contributed by atoms with Crippen LogP contribution in [0.4, 0.5) is 11.6 Å². The third-order valence-corrected chi connectivity index (χ3v) is 3.81. The first-order chi connectivity index (χ1) is 8.72. The van der Waals surface area contributed by atoms with E-state index in [2.05, 4.69) is 36.4 Å². The van der Waals surface area contributed by atoms with Gasteiger partial charge in [-0.05, 0) is 59.5 Å². The summed E-state index contributed by atoms with van der Waals surface area (Å²) in [6, 6.07) is 5.97. The Balaban J connectivity index is 1.76. The second kappa shape index (κ2) is 4.65. The molecule has 1 fully saturated rings. The molecule has 1 N–H and O–H groups in total. The zero-order valence-electron chi connectivity index (χ0n) is 10.0. The van der Waals surface area contributed by atoms with Gasteiger partial charge in [0.05, 0.1) is 5.69 Å². The number of nitrogens with zero attached hydrogens (tertiary/aromatic N) is 3. The van der Waals surface area contributed by atoms with Gasteiger partial charge in [0, 0.05) is 16.6 Å². The third-order valence-electron chi connectivity index (χ3n) is 2.98. The van der Waals surface area contributed by atoms with Crippen molar-refractivity contribution in [3.63, 3.8) is 0 Å². The fourth-order valence-electron chi connectivity index (χ4n) is 1.74. The molecule has 0 atom stereocenters. The molecule has 2 aromatic heterocycles. The van der Waals surface area contributed by atoms with Crippen LogP contribution in [0, 0.1) is 6.92 Å². The molecule has 1 aliphatic carbocycles. The van der Waals surface area contributed by atoms with Crippen molar-refractivity contribution < 1.29 is 0 Å². The fraction of sp³-hybridized carbons (Fsp3) is 0.308. The number of pyridine rings is 1. The molecule has 0 unspecified atom stereocenters. The van der Waals surface area contributed by atoms with Gasteiger partial charge in [-0.3, -0.25) is 0 Å². The summed E-state index contributed by atoms with van der Waals surface area (Å²) < 4.78 is 1.00. The highest BCUT2D eigenvalue weighted by Crippen LogP contribution is 2.38. The number of aryl methyl sites for hydroxylation is 1. The first-order valence-electron chi connectivity index (χ1n) is 5.95. The lowest BCUT2D eigenvalue weighted by Crippen LogP contribution is -1.99. The Bertz CT molecular complexity index is 564. The van der Waals surface area contributed by atoms with Crippen molar-refractivity contribution in [3.8, 4) is 0 Å². The summed E-state index contributed by atoms with van der Waals surface area (Å²) in [6.45, 7) is 2.03. The quantitative estimate of drug-likeness (QED) is 0.942. The molecule has 0 amide bonds. The molecule has 5 heteroatoms. The molecule has 0 aliphatic heterocycles. The van der Waals surface area contributed by atoms with E-state index in [1.165, 1.54) is 12.8 Å². The largest absolute Gasteiger partial charge is 0.323 e. The van der Waals surface area contributed by atoms with Crippen molar-refractivity contribution in [3.05, 3.63) is 40.1 Å². The fourth-order valence-corrected chi connectivity index (χ4v) is 1.96. The lowest BCUT2D eigenvalue weighted by molar-refractivity contribution is 0.914. The minimum Gasteiger partial charge on any atom is -0.323 e. The van der Waals surface area contributed by atoms with Crippen molar-refractivity contribution >= 4 is 27.6 Å². The third kappa shape index (κ3) is 2.51. The molecule has 18 heavy (non-hydrogen) atoms.